The number of aromatic nitrogens is 3. The molecule has 0 saturated heterocycles. The van der Waals surface area contributed by atoms with Gasteiger partial charge in [0.05, 0.1) is 22.4 Å². The average molecular weight is 483 g/mol. The van der Waals surface area contributed by atoms with Gasteiger partial charge in [0.2, 0.25) is 0 Å². The molecular formula is C34H22BN3. The fourth-order valence-corrected chi connectivity index (χ4v) is 5.20. The molecule has 7 aromatic rings. The Hall–Kier alpha value is -4.96. The fraction of sp³-hybridized carbons (Fsp3) is 0. The largest absolute Gasteiger partial charge is 0.309 e. The van der Waals surface area contributed by atoms with Gasteiger partial charge in [-0.3, -0.25) is 0 Å². The molecule has 0 unspecified atom stereocenters. The maximum atomic E-state index is 6.45. The quantitative estimate of drug-likeness (QED) is 0.245. The van der Waals surface area contributed by atoms with E-state index in [4.69, 9.17) is 17.8 Å². The Morgan fingerprint density at radius 3 is 1.79 bits per heavy atom. The number of benzene rings is 5. The van der Waals surface area contributed by atoms with Crippen molar-refractivity contribution in [2.24, 2.45) is 0 Å². The van der Waals surface area contributed by atoms with E-state index in [1.165, 1.54) is 0 Å². The van der Waals surface area contributed by atoms with Crippen molar-refractivity contribution in [1.29, 1.82) is 0 Å². The van der Waals surface area contributed by atoms with Gasteiger partial charge in [-0.1, -0.05) is 109 Å². The molecule has 0 spiro atoms. The summed E-state index contributed by atoms with van der Waals surface area (Å²) in [6.07, 6.45) is 0. The molecule has 0 bridgehead atoms. The van der Waals surface area contributed by atoms with E-state index in [1.54, 1.807) is 0 Å². The second kappa shape index (κ2) is 9.17. The highest BCUT2D eigenvalue weighted by Crippen LogP contribution is 2.33. The van der Waals surface area contributed by atoms with Gasteiger partial charge in [-0.25, -0.2) is 9.97 Å². The van der Waals surface area contributed by atoms with E-state index in [9.17, 15) is 0 Å². The van der Waals surface area contributed by atoms with E-state index in [0.717, 1.165) is 61.0 Å². The summed E-state index contributed by atoms with van der Waals surface area (Å²) in [6, 6.07) is 45.5. The summed E-state index contributed by atoms with van der Waals surface area (Å²) in [6.45, 7) is 0. The van der Waals surface area contributed by atoms with Crippen LogP contribution in [0.1, 0.15) is 0 Å². The van der Waals surface area contributed by atoms with Crippen LogP contribution >= 0.6 is 0 Å². The van der Waals surface area contributed by atoms with Gasteiger partial charge in [-0.2, -0.15) is 0 Å². The highest BCUT2D eigenvalue weighted by Gasteiger charge is 2.15. The van der Waals surface area contributed by atoms with Crippen LogP contribution in [-0.2, 0) is 0 Å². The van der Waals surface area contributed by atoms with Crippen LogP contribution < -0.4 is 5.46 Å². The molecule has 5 aromatic carbocycles. The third-order valence-corrected chi connectivity index (χ3v) is 6.96. The third-order valence-electron chi connectivity index (χ3n) is 6.96. The first-order valence-corrected chi connectivity index (χ1v) is 12.6. The zero-order valence-corrected chi connectivity index (χ0v) is 20.6. The lowest BCUT2D eigenvalue weighted by molar-refractivity contribution is 1.16. The minimum absolute atomic E-state index is 0.687. The van der Waals surface area contributed by atoms with Crippen molar-refractivity contribution in [2.75, 3.05) is 0 Å². The first-order valence-electron chi connectivity index (χ1n) is 12.6. The van der Waals surface area contributed by atoms with Crippen molar-refractivity contribution >= 4 is 35.1 Å². The standard InChI is InChI=1S/C34H22BN3/c35-28-18-10-20-32-33(28)27-17-7-8-19-31(27)38(32)26-16-9-15-25(21-26)34-36-29(23-11-3-1-4-12-23)22-30(37-34)24-13-5-2-6-14-24/h1-22H. The average Bonchev–Trinajstić information content (AvgIpc) is 3.33. The van der Waals surface area contributed by atoms with E-state index in [-0.39, 0.29) is 0 Å². The minimum atomic E-state index is 0.687. The number of nitrogens with zero attached hydrogens (tertiary/aromatic N) is 3. The molecule has 3 nitrogen and oxygen atoms in total. The van der Waals surface area contributed by atoms with E-state index in [1.807, 2.05) is 48.5 Å². The first-order chi connectivity index (χ1) is 18.8. The molecule has 0 atom stereocenters. The van der Waals surface area contributed by atoms with Crippen molar-refractivity contribution in [1.82, 2.24) is 14.5 Å². The minimum Gasteiger partial charge on any atom is -0.309 e. The van der Waals surface area contributed by atoms with Crippen molar-refractivity contribution in [3.05, 3.63) is 133 Å². The van der Waals surface area contributed by atoms with Gasteiger partial charge in [-0.15, -0.1) is 0 Å². The fourth-order valence-electron chi connectivity index (χ4n) is 5.20. The van der Waals surface area contributed by atoms with Crippen LogP contribution in [0.25, 0.3) is 61.4 Å². The molecule has 2 aromatic heterocycles. The van der Waals surface area contributed by atoms with Gasteiger partial charge in [-0.05, 0) is 30.3 Å². The molecule has 0 amide bonds. The van der Waals surface area contributed by atoms with Gasteiger partial charge in [0.25, 0.3) is 0 Å². The van der Waals surface area contributed by atoms with E-state index < -0.39 is 0 Å². The molecular weight excluding hydrogens is 461 g/mol. The highest BCUT2D eigenvalue weighted by molar-refractivity contribution is 6.41. The van der Waals surface area contributed by atoms with Crippen LogP contribution in [0.5, 0.6) is 0 Å². The summed E-state index contributed by atoms with van der Waals surface area (Å²) in [4.78, 5) is 10.0. The SMILES string of the molecule is [B]c1cccc2c1c1ccccc1n2-c1cccc(-c2nc(-c3ccccc3)cc(-c3ccccc3)n2)c1. The number of fused-ring (bicyclic) bond motifs is 3. The monoisotopic (exact) mass is 483 g/mol. The molecule has 0 aliphatic rings. The molecule has 0 N–H and O–H groups in total. The Morgan fingerprint density at radius 1 is 0.500 bits per heavy atom. The normalized spacial score (nSPS) is 11.3. The summed E-state index contributed by atoms with van der Waals surface area (Å²) >= 11 is 0. The van der Waals surface area contributed by atoms with Crippen molar-refractivity contribution < 1.29 is 0 Å². The predicted octanol–water partition coefficient (Wildman–Crippen LogP) is 7.37. The van der Waals surface area contributed by atoms with Crippen LogP contribution in [0, 0.1) is 0 Å². The number of hydrogen-bond donors (Lipinski definition) is 0. The number of rotatable bonds is 4. The summed E-state index contributed by atoms with van der Waals surface area (Å²) in [7, 11) is 6.45. The number of hydrogen-bond acceptors (Lipinski definition) is 2. The topological polar surface area (TPSA) is 30.7 Å². The zero-order valence-electron chi connectivity index (χ0n) is 20.6. The molecule has 2 heterocycles. The lowest BCUT2D eigenvalue weighted by atomic mass is 9.91. The molecule has 0 aliphatic carbocycles. The lowest BCUT2D eigenvalue weighted by Crippen LogP contribution is -2.02. The van der Waals surface area contributed by atoms with Crippen LogP contribution in [0.2, 0.25) is 0 Å². The van der Waals surface area contributed by atoms with Crippen LogP contribution in [0.15, 0.2) is 133 Å². The summed E-state index contributed by atoms with van der Waals surface area (Å²) in [5.74, 6) is 0.687. The molecule has 176 valence electrons. The Labute approximate surface area is 222 Å². The van der Waals surface area contributed by atoms with Crippen LogP contribution in [0.4, 0.5) is 0 Å². The molecule has 0 saturated carbocycles. The Bertz CT molecular complexity index is 1870. The van der Waals surface area contributed by atoms with Crippen molar-refractivity contribution in [3.63, 3.8) is 0 Å². The maximum absolute atomic E-state index is 6.45. The molecule has 38 heavy (non-hydrogen) atoms. The molecule has 4 heteroatoms. The van der Waals surface area contributed by atoms with E-state index in [0.29, 0.717) is 5.82 Å². The van der Waals surface area contributed by atoms with Gasteiger partial charge in [0, 0.05) is 33.2 Å². The van der Waals surface area contributed by atoms with Crippen LogP contribution in [-0.4, -0.2) is 22.4 Å². The zero-order chi connectivity index (χ0) is 25.5. The van der Waals surface area contributed by atoms with Gasteiger partial charge in [0.15, 0.2) is 5.82 Å². The van der Waals surface area contributed by atoms with Gasteiger partial charge < -0.3 is 4.57 Å². The first kappa shape index (κ1) is 22.3. The molecule has 2 radical (unpaired) electrons. The van der Waals surface area contributed by atoms with E-state index >= 15 is 0 Å². The maximum Gasteiger partial charge on any atom is 0.160 e. The van der Waals surface area contributed by atoms with Crippen molar-refractivity contribution in [2.45, 2.75) is 0 Å². The smallest absolute Gasteiger partial charge is 0.160 e. The number of para-hydroxylation sites is 1. The Balaban J connectivity index is 1.44. The summed E-state index contributed by atoms with van der Waals surface area (Å²) in [5, 5.41) is 2.21. The third kappa shape index (κ3) is 3.79. The molecule has 0 fully saturated rings. The summed E-state index contributed by atoms with van der Waals surface area (Å²) in [5.41, 5.74) is 8.86. The molecule has 7 rings (SSSR count). The summed E-state index contributed by atoms with van der Waals surface area (Å²) < 4.78 is 2.27. The second-order valence-corrected chi connectivity index (χ2v) is 9.34. The van der Waals surface area contributed by atoms with E-state index in [2.05, 4.69) is 89.5 Å². The molecule has 0 aliphatic heterocycles. The highest BCUT2D eigenvalue weighted by atomic mass is 15.0. The van der Waals surface area contributed by atoms with Gasteiger partial charge in [0.1, 0.15) is 7.85 Å². The second-order valence-electron chi connectivity index (χ2n) is 9.34. The Morgan fingerprint density at radius 2 is 1.08 bits per heavy atom. The van der Waals surface area contributed by atoms with Crippen LogP contribution in [0.3, 0.4) is 0 Å². The Kier molecular flexibility index (Phi) is 5.37. The predicted molar refractivity (Wildman–Crippen MR) is 158 cm³/mol. The van der Waals surface area contributed by atoms with Crippen molar-refractivity contribution in [3.8, 4) is 39.6 Å². The van der Waals surface area contributed by atoms with Gasteiger partial charge >= 0.3 is 0 Å². The lowest BCUT2D eigenvalue weighted by Gasteiger charge is -2.12.